The molecule has 1 heterocycles. The monoisotopic (exact) mass is 304 g/mol. The number of nitrogens with one attached hydrogen (secondary N) is 2. The summed E-state index contributed by atoms with van der Waals surface area (Å²) in [5, 5.41) is 9.70. The lowest BCUT2D eigenvalue weighted by Crippen LogP contribution is -2.29. The lowest BCUT2D eigenvalue weighted by atomic mass is 10.2. The number of amides is 2. The topological polar surface area (TPSA) is 77.4 Å². The van der Waals surface area contributed by atoms with Gasteiger partial charge in [-0.3, -0.25) is 10.00 Å². The molecule has 0 fully saturated rings. The fraction of sp³-hybridized carbons (Fsp3) is 0.333. The average Bonchev–Trinajstić information content (AvgIpc) is 2.82. The average molecular weight is 304 g/mol. The molecule has 0 aliphatic carbocycles. The van der Waals surface area contributed by atoms with Gasteiger partial charge in [-0.1, -0.05) is 6.07 Å². The first-order valence-corrected chi connectivity index (χ1v) is 6.80. The van der Waals surface area contributed by atoms with Crippen LogP contribution in [-0.2, 0) is 13.6 Å². The van der Waals surface area contributed by atoms with Crippen LogP contribution >= 0.6 is 0 Å². The van der Waals surface area contributed by atoms with Gasteiger partial charge in [-0.05, 0) is 24.6 Å². The minimum atomic E-state index is -0.294. The van der Waals surface area contributed by atoms with E-state index in [4.69, 9.17) is 9.47 Å². The Morgan fingerprint density at radius 3 is 2.55 bits per heavy atom. The zero-order chi connectivity index (χ0) is 16.1. The first-order valence-electron chi connectivity index (χ1n) is 6.80. The first-order chi connectivity index (χ1) is 10.5. The van der Waals surface area contributed by atoms with Crippen molar-refractivity contribution in [2.75, 3.05) is 19.5 Å². The van der Waals surface area contributed by atoms with Gasteiger partial charge in [-0.15, -0.1) is 0 Å². The number of carbonyl (C=O) groups excluding carboxylic acids is 1. The van der Waals surface area contributed by atoms with Gasteiger partial charge in [0.1, 0.15) is 5.82 Å². The van der Waals surface area contributed by atoms with Crippen LogP contribution in [0.4, 0.5) is 10.6 Å². The molecule has 1 aromatic carbocycles. The van der Waals surface area contributed by atoms with E-state index in [-0.39, 0.29) is 6.03 Å². The molecule has 2 rings (SSSR count). The number of carbonyl (C=O) groups is 1. The number of aromatic nitrogens is 2. The van der Waals surface area contributed by atoms with E-state index >= 15 is 0 Å². The van der Waals surface area contributed by atoms with Crippen LogP contribution in [0.25, 0.3) is 0 Å². The molecule has 22 heavy (non-hydrogen) atoms. The summed E-state index contributed by atoms with van der Waals surface area (Å²) in [4.78, 5) is 11.9. The number of hydrogen-bond acceptors (Lipinski definition) is 4. The Morgan fingerprint density at radius 1 is 1.23 bits per heavy atom. The van der Waals surface area contributed by atoms with Gasteiger partial charge in [0.2, 0.25) is 0 Å². The van der Waals surface area contributed by atoms with Crippen molar-refractivity contribution in [1.29, 1.82) is 0 Å². The van der Waals surface area contributed by atoms with Crippen LogP contribution in [0, 0.1) is 6.92 Å². The molecule has 1 aromatic heterocycles. The van der Waals surface area contributed by atoms with E-state index in [0.717, 1.165) is 11.3 Å². The van der Waals surface area contributed by atoms with Crippen LogP contribution in [0.2, 0.25) is 0 Å². The third kappa shape index (κ3) is 3.69. The summed E-state index contributed by atoms with van der Waals surface area (Å²) in [7, 11) is 4.93. The number of urea groups is 1. The molecule has 0 unspecified atom stereocenters. The normalized spacial score (nSPS) is 10.2. The molecular formula is C15H20N4O3. The molecule has 0 bridgehead atoms. The van der Waals surface area contributed by atoms with E-state index < -0.39 is 0 Å². The molecule has 2 amide bonds. The smallest absolute Gasteiger partial charge is 0.320 e. The summed E-state index contributed by atoms with van der Waals surface area (Å²) < 4.78 is 12.0. The highest BCUT2D eigenvalue weighted by Gasteiger charge is 2.08. The van der Waals surface area contributed by atoms with Crippen molar-refractivity contribution < 1.29 is 14.3 Å². The molecular weight excluding hydrogens is 284 g/mol. The number of anilines is 1. The van der Waals surface area contributed by atoms with Crippen molar-refractivity contribution in [3.63, 3.8) is 0 Å². The second-order valence-corrected chi connectivity index (χ2v) is 4.79. The quantitative estimate of drug-likeness (QED) is 0.886. The summed E-state index contributed by atoms with van der Waals surface area (Å²) >= 11 is 0. The number of rotatable bonds is 5. The maximum atomic E-state index is 11.9. The van der Waals surface area contributed by atoms with Crippen LogP contribution < -0.4 is 20.1 Å². The van der Waals surface area contributed by atoms with E-state index in [0.29, 0.717) is 23.9 Å². The van der Waals surface area contributed by atoms with E-state index in [2.05, 4.69) is 15.7 Å². The fourth-order valence-electron chi connectivity index (χ4n) is 2.06. The van der Waals surface area contributed by atoms with E-state index in [9.17, 15) is 4.79 Å². The van der Waals surface area contributed by atoms with Gasteiger partial charge in [-0.2, -0.15) is 5.10 Å². The van der Waals surface area contributed by atoms with Crippen LogP contribution in [0.15, 0.2) is 24.3 Å². The number of aryl methyl sites for hydroxylation is 2. The number of hydrogen-bond donors (Lipinski definition) is 2. The molecule has 7 heteroatoms. The van der Waals surface area contributed by atoms with Crippen molar-refractivity contribution in [3.05, 3.63) is 35.5 Å². The van der Waals surface area contributed by atoms with Gasteiger partial charge < -0.3 is 14.8 Å². The molecule has 0 saturated heterocycles. The SMILES string of the molecule is COc1ccc(CNC(=O)Nc2cc(C)nn2C)cc1OC. The molecule has 7 nitrogen and oxygen atoms in total. The van der Waals surface area contributed by atoms with Crippen LogP contribution in [0.5, 0.6) is 11.5 Å². The van der Waals surface area contributed by atoms with E-state index in [1.807, 2.05) is 19.1 Å². The number of ether oxygens (including phenoxy) is 2. The standard InChI is InChI=1S/C15H20N4O3/c1-10-7-14(19(2)18-10)17-15(20)16-9-11-5-6-12(21-3)13(8-11)22-4/h5-8H,9H2,1-4H3,(H2,16,17,20). The zero-order valence-corrected chi connectivity index (χ0v) is 13.1. The summed E-state index contributed by atoms with van der Waals surface area (Å²) in [5.74, 6) is 1.92. The Hall–Kier alpha value is -2.70. The van der Waals surface area contributed by atoms with Crippen LogP contribution in [0.3, 0.4) is 0 Å². The maximum absolute atomic E-state index is 11.9. The van der Waals surface area contributed by atoms with E-state index in [1.54, 1.807) is 38.1 Å². The van der Waals surface area contributed by atoms with Crippen LogP contribution in [-0.4, -0.2) is 30.0 Å². The Labute approximate surface area is 129 Å². The molecule has 0 aliphatic heterocycles. The lowest BCUT2D eigenvalue weighted by molar-refractivity contribution is 0.251. The maximum Gasteiger partial charge on any atom is 0.320 e. The highest BCUT2D eigenvalue weighted by molar-refractivity contribution is 5.88. The molecule has 0 spiro atoms. The van der Waals surface area contributed by atoms with Crippen molar-refractivity contribution >= 4 is 11.8 Å². The summed E-state index contributed by atoms with van der Waals surface area (Å²) in [6.07, 6.45) is 0. The summed E-state index contributed by atoms with van der Waals surface area (Å²) in [6.45, 7) is 2.25. The highest BCUT2D eigenvalue weighted by atomic mass is 16.5. The molecule has 2 aromatic rings. The van der Waals surface area contributed by atoms with Crippen LogP contribution in [0.1, 0.15) is 11.3 Å². The Bertz CT molecular complexity index is 667. The lowest BCUT2D eigenvalue weighted by Gasteiger charge is -2.11. The highest BCUT2D eigenvalue weighted by Crippen LogP contribution is 2.27. The van der Waals surface area contributed by atoms with Crippen molar-refractivity contribution in [2.45, 2.75) is 13.5 Å². The third-order valence-corrected chi connectivity index (χ3v) is 3.14. The Morgan fingerprint density at radius 2 is 1.95 bits per heavy atom. The molecule has 0 radical (unpaired) electrons. The Balaban J connectivity index is 1.95. The molecule has 2 N–H and O–H groups in total. The second kappa shape index (κ2) is 6.84. The van der Waals surface area contributed by atoms with Gasteiger partial charge >= 0.3 is 6.03 Å². The first kappa shape index (κ1) is 15.7. The van der Waals surface area contributed by atoms with Crippen molar-refractivity contribution in [3.8, 4) is 11.5 Å². The minimum Gasteiger partial charge on any atom is -0.493 e. The van der Waals surface area contributed by atoms with Crippen molar-refractivity contribution in [2.24, 2.45) is 7.05 Å². The largest absolute Gasteiger partial charge is 0.493 e. The predicted molar refractivity (Wildman–Crippen MR) is 83.3 cm³/mol. The van der Waals surface area contributed by atoms with Gasteiger partial charge in [0.05, 0.1) is 19.9 Å². The van der Waals surface area contributed by atoms with Crippen molar-refractivity contribution in [1.82, 2.24) is 15.1 Å². The molecule has 118 valence electrons. The fourth-order valence-corrected chi connectivity index (χ4v) is 2.06. The summed E-state index contributed by atoms with van der Waals surface area (Å²) in [5.41, 5.74) is 1.76. The second-order valence-electron chi connectivity index (χ2n) is 4.79. The predicted octanol–water partition coefficient (Wildman–Crippen LogP) is 2.07. The van der Waals surface area contributed by atoms with E-state index in [1.165, 1.54) is 0 Å². The molecule has 0 aliphatic rings. The van der Waals surface area contributed by atoms with Gasteiger partial charge in [0, 0.05) is 19.7 Å². The number of methoxy groups -OCH3 is 2. The Kier molecular flexibility index (Phi) is 4.88. The van der Waals surface area contributed by atoms with Gasteiger partial charge in [-0.25, -0.2) is 4.79 Å². The number of nitrogens with zero attached hydrogens (tertiary/aromatic N) is 2. The third-order valence-electron chi connectivity index (χ3n) is 3.14. The minimum absolute atomic E-state index is 0.294. The summed E-state index contributed by atoms with van der Waals surface area (Å²) in [6, 6.07) is 7.01. The van der Waals surface area contributed by atoms with Gasteiger partial charge in [0.15, 0.2) is 11.5 Å². The van der Waals surface area contributed by atoms with Gasteiger partial charge in [0.25, 0.3) is 0 Å². The number of benzene rings is 1. The molecule has 0 saturated carbocycles. The molecule has 0 atom stereocenters. The zero-order valence-electron chi connectivity index (χ0n) is 13.1.